The molecule has 0 amide bonds. The third kappa shape index (κ3) is 4.11. The van der Waals surface area contributed by atoms with Gasteiger partial charge in [-0.3, -0.25) is 4.79 Å². The maximum absolute atomic E-state index is 10.9. The molecule has 3 saturated carbocycles. The zero-order valence-corrected chi connectivity index (χ0v) is 21.9. The molecule has 0 bridgehead atoms. The summed E-state index contributed by atoms with van der Waals surface area (Å²) in [5, 5.41) is 0. The maximum atomic E-state index is 10.9. The van der Waals surface area contributed by atoms with Crippen molar-refractivity contribution >= 4 is 6.47 Å². The largest absolute Gasteiger partial charge is 0.464 e. The molecule has 0 spiro atoms. The standard InChI is InChI=1S/C30H50O2/c1-7-22(20(2)3)9-8-21(4)26-12-13-27-25-11-10-23-18-24(32-19-31)14-16-29(23,5)28(25)15-17-30(26,27)6/h10,19-22,24-28H,7-9,11-18H2,1-6H3/t21-,22-,24+,25?,26-,27?,28?,29+,30-/m1/s1. The van der Waals surface area contributed by atoms with Gasteiger partial charge in [-0.2, -0.15) is 0 Å². The van der Waals surface area contributed by atoms with Crippen LogP contribution in [0.3, 0.4) is 0 Å². The molecule has 0 aromatic rings. The van der Waals surface area contributed by atoms with Gasteiger partial charge in [0, 0.05) is 6.42 Å². The highest BCUT2D eigenvalue weighted by molar-refractivity contribution is 5.38. The normalized spacial score (nSPS) is 43.0. The van der Waals surface area contributed by atoms with E-state index in [1.54, 1.807) is 5.57 Å². The molecule has 9 atom stereocenters. The lowest BCUT2D eigenvalue weighted by Crippen LogP contribution is -2.51. The lowest BCUT2D eigenvalue weighted by molar-refractivity contribution is -0.136. The number of carbonyl (C=O) groups excluding carboxylic acids is 1. The van der Waals surface area contributed by atoms with E-state index < -0.39 is 0 Å². The number of fused-ring (bicyclic) bond motifs is 5. The van der Waals surface area contributed by atoms with Crippen LogP contribution in [0.1, 0.15) is 112 Å². The fourth-order valence-electron chi connectivity index (χ4n) is 9.48. The molecule has 0 aromatic heterocycles. The van der Waals surface area contributed by atoms with Crippen molar-refractivity contribution < 1.29 is 9.53 Å². The smallest absolute Gasteiger partial charge is 0.293 e. The van der Waals surface area contributed by atoms with Crippen molar-refractivity contribution in [1.82, 2.24) is 0 Å². The molecule has 2 heteroatoms. The summed E-state index contributed by atoms with van der Waals surface area (Å²) in [5.74, 6) is 6.16. The van der Waals surface area contributed by atoms with Gasteiger partial charge in [0.25, 0.3) is 6.47 Å². The van der Waals surface area contributed by atoms with Crippen LogP contribution < -0.4 is 0 Å². The first-order chi connectivity index (χ1) is 15.2. The fourth-order valence-corrected chi connectivity index (χ4v) is 9.48. The van der Waals surface area contributed by atoms with Gasteiger partial charge in [0.2, 0.25) is 0 Å². The van der Waals surface area contributed by atoms with Crippen LogP contribution >= 0.6 is 0 Å². The predicted molar refractivity (Wildman–Crippen MR) is 133 cm³/mol. The molecule has 4 rings (SSSR count). The third-order valence-electron chi connectivity index (χ3n) is 11.5. The van der Waals surface area contributed by atoms with Gasteiger partial charge in [-0.05, 0) is 104 Å². The number of carbonyl (C=O) groups is 1. The fraction of sp³-hybridized carbons (Fsp3) is 0.900. The Hall–Kier alpha value is -0.790. The first-order valence-corrected chi connectivity index (χ1v) is 14.0. The summed E-state index contributed by atoms with van der Waals surface area (Å²) in [6, 6.07) is 0. The van der Waals surface area contributed by atoms with E-state index in [-0.39, 0.29) is 6.10 Å². The summed E-state index contributed by atoms with van der Waals surface area (Å²) >= 11 is 0. The van der Waals surface area contributed by atoms with Crippen LogP contribution in [0, 0.1) is 52.3 Å². The summed E-state index contributed by atoms with van der Waals surface area (Å²) < 4.78 is 5.38. The third-order valence-corrected chi connectivity index (χ3v) is 11.5. The monoisotopic (exact) mass is 442 g/mol. The van der Waals surface area contributed by atoms with Crippen LogP contribution in [0.15, 0.2) is 11.6 Å². The zero-order valence-electron chi connectivity index (χ0n) is 21.9. The Balaban J connectivity index is 1.46. The molecule has 0 saturated heterocycles. The first-order valence-electron chi connectivity index (χ1n) is 14.0. The molecule has 0 N–H and O–H groups in total. The SMILES string of the molecule is CC[C@H](CC[C@@H](C)[C@H]1CCC2C3CC=C4C[C@@H](OC=O)CC[C@]4(C)C3CC[C@@]21C)C(C)C. The van der Waals surface area contributed by atoms with Crippen molar-refractivity contribution in [1.29, 1.82) is 0 Å². The number of allylic oxidation sites excluding steroid dienone is 1. The Morgan fingerprint density at radius 3 is 2.53 bits per heavy atom. The van der Waals surface area contributed by atoms with Crippen LogP contribution in [0.4, 0.5) is 0 Å². The Morgan fingerprint density at radius 2 is 1.84 bits per heavy atom. The van der Waals surface area contributed by atoms with Gasteiger partial charge in [0.05, 0.1) is 0 Å². The number of ether oxygens (including phenoxy) is 1. The van der Waals surface area contributed by atoms with E-state index in [0.29, 0.717) is 17.3 Å². The summed E-state index contributed by atoms with van der Waals surface area (Å²) in [5.41, 5.74) is 2.52. The molecule has 2 nitrogen and oxygen atoms in total. The van der Waals surface area contributed by atoms with Gasteiger partial charge >= 0.3 is 0 Å². The van der Waals surface area contributed by atoms with E-state index >= 15 is 0 Å². The van der Waals surface area contributed by atoms with Gasteiger partial charge in [0.15, 0.2) is 0 Å². The molecule has 0 heterocycles. The van der Waals surface area contributed by atoms with E-state index in [2.05, 4.69) is 47.6 Å². The molecule has 3 unspecified atom stereocenters. The molecule has 0 aromatic carbocycles. The summed E-state index contributed by atoms with van der Waals surface area (Å²) in [6.07, 6.45) is 17.2. The van der Waals surface area contributed by atoms with Crippen molar-refractivity contribution in [3.8, 4) is 0 Å². The predicted octanol–water partition coefficient (Wildman–Crippen LogP) is 8.21. The first kappa shape index (κ1) is 24.3. The zero-order chi connectivity index (χ0) is 23.1. The molecule has 0 radical (unpaired) electrons. The van der Waals surface area contributed by atoms with E-state index in [1.807, 2.05) is 0 Å². The second-order valence-electron chi connectivity index (χ2n) is 13.1. The molecule has 182 valence electrons. The summed E-state index contributed by atoms with van der Waals surface area (Å²) in [4.78, 5) is 10.9. The average Bonchev–Trinajstić information content (AvgIpc) is 3.11. The quantitative estimate of drug-likeness (QED) is 0.280. The highest BCUT2D eigenvalue weighted by atomic mass is 16.5. The van der Waals surface area contributed by atoms with Crippen LogP contribution in [0.25, 0.3) is 0 Å². The van der Waals surface area contributed by atoms with Crippen molar-refractivity contribution in [3.05, 3.63) is 11.6 Å². The van der Waals surface area contributed by atoms with Crippen molar-refractivity contribution in [2.75, 3.05) is 0 Å². The van der Waals surface area contributed by atoms with Gasteiger partial charge in [-0.15, -0.1) is 0 Å². The van der Waals surface area contributed by atoms with Crippen LogP contribution in [-0.2, 0) is 9.53 Å². The molecule has 4 aliphatic rings. The second kappa shape index (κ2) is 9.46. The number of hydrogen-bond acceptors (Lipinski definition) is 2. The maximum Gasteiger partial charge on any atom is 0.293 e. The van der Waals surface area contributed by atoms with Crippen molar-refractivity contribution in [3.63, 3.8) is 0 Å². The van der Waals surface area contributed by atoms with E-state index in [4.69, 9.17) is 4.74 Å². The van der Waals surface area contributed by atoms with E-state index in [1.165, 1.54) is 57.8 Å². The Kier molecular flexibility index (Phi) is 7.19. The minimum atomic E-state index is 0.117. The van der Waals surface area contributed by atoms with Gasteiger partial charge in [-0.1, -0.05) is 66.0 Å². The Labute approximate surface area is 198 Å². The Bertz CT molecular complexity index is 695. The highest BCUT2D eigenvalue weighted by Crippen LogP contribution is 2.67. The van der Waals surface area contributed by atoms with E-state index in [0.717, 1.165) is 54.3 Å². The van der Waals surface area contributed by atoms with Crippen LogP contribution in [0.5, 0.6) is 0 Å². The number of rotatable bonds is 8. The minimum Gasteiger partial charge on any atom is -0.464 e. The summed E-state index contributed by atoms with van der Waals surface area (Å²) in [7, 11) is 0. The van der Waals surface area contributed by atoms with Gasteiger partial charge < -0.3 is 4.74 Å². The van der Waals surface area contributed by atoms with Gasteiger partial charge in [0.1, 0.15) is 6.10 Å². The van der Waals surface area contributed by atoms with Crippen LogP contribution in [-0.4, -0.2) is 12.6 Å². The highest BCUT2D eigenvalue weighted by Gasteiger charge is 2.59. The average molecular weight is 443 g/mol. The van der Waals surface area contributed by atoms with E-state index in [9.17, 15) is 4.79 Å². The van der Waals surface area contributed by atoms with Crippen molar-refractivity contribution in [2.24, 2.45) is 52.3 Å². The molecular formula is C30H50O2. The van der Waals surface area contributed by atoms with Crippen molar-refractivity contribution in [2.45, 2.75) is 118 Å². The Morgan fingerprint density at radius 1 is 1.06 bits per heavy atom. The molecule has 3 fully saturated rings. The second-order valence-corrected chi connectivity index (χ2v) is 13.1. The van der Waals surface area contributed by atoms with Gasteiger partial charge in [-0.25, -0.2) is 0 Å². The molecule has 0 aliphatic heterocycles. The molecule has 4 aliphatic carbocycles. The number of hydrogen-bond donors (Lipinski definition) is 0. The minimum absolute atomic E-state index is 0.117. The van der Waals surface area contributed by atoms with Crippen LogP contribution in [0.2, 0.25) is 0 Å². The lowest BCUT2D eigenvalue weighted by Gasteiger charge is -2.58. The lowest BCUT2D eigenvalue weighted by atomic mass is 9.47. The summed E-state index contributed by atoms with van der Waals surface area (Å²) in [6.45, 7) is 15.7. The topological polar surface area (TPSA) is 26.3 Å². The molecule has 32 heavy (non-hydrogen) atoms. The molecular weight excluding hydrogens is 392 g/mol.